The second kappa shape index (κ2) is 4.03. The van der Waals surface area contributed by atoms with Crippen molar-refractivity contribution in [3.63, 3.8) is 0 Å². The molecule has 0 spiro atoms. The minimum Gasteiger partial charge on any atom is -0.297 e. The summed E-state index contributed by atoms with van der Waals surface area (Å²) in [5, 5.41) is 8.63. The standard InChI is InChI=1S/C8H7N3O2S2/c1-11-7(13)9-10-8(11)15-6-2-5(3-12)14-4-6/h2-4H,1H3,(H,9,13). The Morgan fingerprint density at radius 3 is 3.00 bits per heavy atom. The summed E-state index contributed by atoms with van der Waals surface area (Å²) < 4.78 is 1.42. The fourth-order valence-corrected chi connectivity index (χ4v) is 2.67. The molecule has 7 heteroatoms. The number of aromatic nitrogens is 3. The topological polar surface area (TPSA) is 67.8 Å². The number of nitrogens with one attached hydrogen (secondary N) is 1. The van der Waals surface area contributed by atoms with Gasteiger partial charge in [-0.1, -0.05) is 0 Å². The van der Waals surface area contributed by atoms with Crippen LogP contribution in [0.1, 0.15) is 9.67 Å². The molecule has 0 fully saturated rings. The number of carbonyl (C=O) groups is 1. The molecule has 0 atom stereocenters. The molecule has 2 heterocycles. The minimum atomic E-state index is -0.247. The van der Waals surface area contributed by atoms with Gasteiger partial charge in [-0.25, -0.2) is 9.89 Å². The molecule has 5 nitrogen and oxygen atoms in total. The lowest BCUT2D eigenvalue weighted by Gasteiger charge is -1.94. The van der Waals surface area contributed by atoms with E-state index in [1.54, 1.807) is 13.1 Å². The van der Waals surface area contributed by atoms with E-state index >= 15 is 0 Å². The summed E-state index contributed by atoms with van der Waals surface area (Å²) in [6, 6.07) is 1.77. The van der Waals surface area contributed by atoms with Crippen LogP contribution in [0, 0.1) is 0 Å². The number of carbonyl (C=O) groups excluding carboxylic acids is 1. The van der Waals surface area contributed by atoms with Crippen molar-refractivity contribution in [1.29, 1.82) is 0 Å². The van der Waals surface area contributed by atoms with Crippen molar-refractivity contribution < 1.29 is 4.79 Å². The average molecular weight is 241 g/mol. The Morgan fingerprint density at radius 1 is 1.67 bits per heavy atom. The molecule has 15 heavy (non-hydrogen) atoms. The Kier molecular flexibility index (Phi) is 2.74. The predicted octanol–water partition coefficient (Wildman–Crippen LogP) is 1.13. The maximum absolute atomic E-state index is 11.1. The summed E-state index contributed by atoms with van der Waals surface area (Å²) in [6.45, 7) is 0. The first kappa shape index (κ1) is 10.2. The van der Waals surface area contributed by atoms with Gasteiger partial charge in [-0.15, -0.1) is 16.4 Å². The number of aromatic amines is 1. The van der Waals surface area contributed by atoms with E-state index < -0.39 is 0 Å². The third-order valence-corrected chi connectivity index (χ3v) is 3.79. The Bertz CT molecular complexity index is 540. The molecule has 0 amide bonds. The van der Waals surface area contributed by atoms with E-state index in [-0.39, 0.29) is 5.69 Å². The molecule has 78 valence electrons. The van der Waals surface area contributed by atoms with Gasteiger partial charge in [0.1, 0.15) is 0 Å². The maximum atomic E-state index is 11.1. The van der Waals surface area contributed by atoms with Crippen LogP contribution in [0.5, 0.6) is 0 Å². The van der Waals surface area contributed by atoms with E-state index in [1.165, 1.54) is 27.7 Å². The number of rotatable bonds is 3. The summed E-state index contributed by atoms with van der Waals surface area (Å²) >= 11 is 2.71. The highest BCUT2D eigenvalue weighted by atomic mass is 32.2. The molecule has 0 aliphatic carbocycles. The SMILES string of the molecule is Cn1c(Sc2csc(C=O)c2)n[nH]c1=O. The van der Waals surface area contributed by atoms with Gasteiger partial charge in [-0.05, 0) is 17.8 Å². The van der Waals surface area contributed by atoms with Crippen LogP contribution in [-0.4, -0.2) is 21.1 Å². The van der Waals surface area contributed by atoms with Crippen LogP contribution in [0.4, 0.5) is 0 Å². The van der Waals surface area contributed by atoms with Crippen LogP contribution in [0.2, 0.25) is 0 Å². The van der Waals surface area contributed by atoms with Crippen molar-refractivity contribution in [2.75, 3.05) is 0 Å². The zero-order chi connectivity index (χ0) is 10.8. The molecule has 0 saturated heterocycles. The summed E-state index contributed by atoms with van der Waals surface area (Å²) in [7, 11) is 1.64. The lowest BCUT2D eigenvalue weighted by Crippen LogP contribution is -2.12. The van der Waals surface area contributed by atoms with Gasteiger partial charge in [-0.2, -0.15) is 0 Å². The largest absolute Gasteiger partial charge is 0.343 e. The van der Waals surface area contributed by atoms with Crippen LogP contribution in [0.25, 0.3) is 0 Å². The summed E-state index contributed by atoms with van der Waals surface area (Å²) in [5.74, 6) is 0. The quantitative estimate of drug-likeness (QED) is 0.818. The van der Waals surface area contributed by atoms with Gasteiger partial charge in [-0.3, -0.25) is 9.36 Å². The Balaban J connectivity index is 2.25. The van der Waals surface area contributed by atoms with Crippen LogP contribution in [-0.2, 0) is 7.05 Å². The molecule has 0 aliphatic rings. The average Bonchev–Trinajstić information content (AvgIpc) is 2.80. The van der Waals surface area contributed by atoms with E-state index in [1.807, 2.05) is 5.38 Å². The fourth-order valence-electron chi connectivity index (χ4n) is 0.979. The van der Waals surface area contributed by atoms with E-state index in [0.717, 1.165) is 11.2 Å². The van der Waals surface area contributed by atoms with Crippen LogP contribution >= 0.6 is 23.1 Å². The second-order valence-corrected chi connectivity index (χ2v) is 4.76. The van der Waals surface area contributed by atoms with Gasteiger partial charge in [0.2, 0.25) is 0 Å². The monoisotopic (exact) mass is 241 g/mol. The van der Waals surface area contributed by atoms with Gasteiger partial charge in [0.15, 0.2) is 11.4 Å². The highest BCUT2D eigenvalue weighted by Gasteiger charge is 2.07. The fraction of sp³-hybridized carbons (Fsp3) is 0.125. The summed E-state index contributed by atoms with van der Waals surface area (Å²) in [6.07, 6.45) is 0.804. The van der Waals surface area contributed by atoms with Crippen molar-refractivity contribution in [3.05, 3.63) is 26.8 Å². The normalized spacial score (nSPS) is 10.5. The van der Waals surface area contributed by atoms with Crippen molar-refractivity contribution in [2.24, 2.45) is 7.05 Å². The highest BCUT2D eigenvalue weighted by molar-refractivity contribution is 7.99. The molecular weight excluding hydrogens is 234 g/mol. The van der Waals surface area contributed by atoms with Crippen molar-refractivity contribution in [1.82, 2.24) is 14.8 Å². The molecule has 0 unspecified atom stereocenters. The van der Waals surface area contributed by atoms with Crippen LogP contribution < -0.4 is 5.69 Å². The van der Waals surface area contributed by atoms with E-state index in [4.69, 9.17) is 0 Å². The Labute approximate surface area is 93.1 Å². The van der Waals surface area contributed by atoms with Crippen LogP contribution in [0.15, 0.2) is 26.3 Å². The van der Waals surface area contributed by atoms with Gasteiger partial charge >= 0.3 is 5.69 Å². The van der Waals surface area contributed by atoms with Crippen LogP contribution in [0.3, 0.4) is 0 Å². The first-order valence-corrected chi connectivity index (χ1v) is 5.73. The van der Waals surface area contributed by atoms with E-state index in [0.29, 0.717) is 10.0 Å². The molecule has 2 rings (SSSR count). The van der Waals surface area contributed by atoms with Gasteiger partial charge in [0.05, 0.1) is 4.88 Å². The third kappa shape index (κ3) is 2.02. The first-order chi connectivity index (χ1) is 7.20. The number of aldehydes is 1. The molecule has 0 radical (unpaired) electrons. The number of nitrogens with zero attached hydrogens (tertiary/aromatic N) is 2. The van der Waals surface area contributed by atoms with Crippen molar-refractivity contribution in [2.45, 2.75) is 10.1 Å². The van der Waals surface area contributed by atoms with Gasteiger partial charge in [0.25, 0.3) is 0 Å². The molecule has 0 bridgehead atoms. The lowest BCUT2D eigenvalue weighted by molar-refractivity contribution is 0.112. The van der Waals surface area contributed by atoms with Crippen molar-refractivity contribution in [3.8, 4) is 0 Å². The Morgan fingerprint density at radius 2 is 2.47 bits per heavy atom. The van der Waals surface area contributed by atoms with E-state index in [9.17, 15) is 9.59 Å². The molecule has 0 aliphatic heterocycles. The smallest absolute Gasteiger partial charge is 0.297 e. The van der Waals surface area contributed by atoms with E-state index in [2.05, 4.69) is 10.2 Å². The first-order valence-electron chi connectivity index (χ1n) is 4.03. The molecule has 2 aromatic heterocycles. The summed E-state index contributed by atoms with van der Waals surface area (Å²) in [5.41, 5.74) is -0.247. The van der Waals surface area contributed by atoms with Crippen molar-refractivity contribution >= 4 is 29.4 Å². The highest BCUT2D eigenvalue weighted by Crippen LogP contribution is 2.28. The lowest BCUT2D eigenvalue weighted by atomic mass is 10.5. The summed E-state index contributed by atoms with van der Waals surface area (Å²) in [4.78, 5) is 23.1. The molecule has 0 saturated carbocycles. The molecule has 1 N–H and O–H groups in total. The molecular formula is C8H7N3O2S2. The molecule has 2 aromatic rings. The number of hydrogen-bond acceptors (Lipinski definition) is 5. The Hall–Kier alpha value is -1.34. The minimum absolute atomic E-state index is 0.247. The maximum Gasteiger partial charge on any atom is 0.343 e. The predicted molar refractivity (Wildman–Crippen MR) is 57.7 cm³/mol. The van der Waals surface area contributed by atoms with Gasteiger partial charge < -0.3 is 0 Å². The third-order valence-electron chi connectivity index (χ3n) is 1.76. The molecule has 0 aromatic carbocycles. The number of hydrogen-bond donors (Lipinski definition) is 1. The zero-order valence-corrected chi connectivity index (χ0v) is 9.39. The number of thiophene rings is 1. The zero-order valence-electron chi connectivity index (χ0n) is 7.76. The van der Waals surface area contributed by atoms with Gasteiger partial charge in [0, 0.05) is 17.3 Å². The number of H-pyrrole nitrogens is 1. The second-order valence-electron chi connectivity index (χ2n) is 2.78.